The lowest BCUT2D eigenvalue weighted by molar-refractivity contribution is 0.587. The van der Waals surface area contributed by atoms with Gasteiger partial charge < -0.3 is 4.42 Å². The molecule has 0 spiro atoms. The maximum absolute atomic E-state index is 6.42. The molecule has 0 saturated carbocycles. The average molecular weight is 559 g/mol. The zero-order chi connectivity index (χ0) is 27.3. The Hall–Kier alpha value is -2.54. The molecular weight excluding hydrogens is 525 g/mol. The maximum Gasteiger partial charge on any atom is 0.237 e. The molecule has 0 aliphatic carbocycles. The minimum atomic E-state index is -0.0703. The molecule has 3 nitrogen and oxygen atoms in total. The molecule has 0 fully saturated rings. The van der Waals surface area contributed by atoms with Crippen molar-refractivity contribution in [3.05, 3.63) is 57.6 Å². The first-order chi connectivity index (χ1) is 17.7. The largest absolute Gasteiger partial charge is 0.435 e. The van der Waals surface area contributed by atoms with Crippen molar-refractivity contribution in [2.24, 2.45) is 0 Å². The predicted octanol–water partition coefficient (Wildman–Crippen LogP) is 10.9. The number of hydrogen-bond donors (Lipinski definition) is 0. The molecule has 0 amide bonds. The predicted molar refractivity (Wildman–Crippen MR) is 168 cm³/mol. The third kappa shape index (κ3) is 4.04. The fourth-order valence-electron chi connectivity index (χ4n) is 5.15. The summed E-state index contributed by atoms with van der Waals surface area (Å²) in [7, 11) is 0. The molecule has 38 heavy (non-hydrogen) atoms. The molecular formula is C32H34N2OS3. The van der Waals surface area contributed by atoms with Crippen LogP contribution in [0.15, 0.2) is 28.7 Å². The van der Waals surface area contributed by atoms with Crippen LogP contribution in [0, 0.1) is 27.7 Å². The molecule has 0 unspecified atom stereocenters. The van der Waals surface area contributed by atoms with Crippen LogP contribution >= 0.6 is 34.0 Å². The van der Waals surface area contributed by atoms with Crippen molar-refractivity contribution < 1.29 is 4.42 Å². The maximum atomic E-state index is 6.42. The topological polar surface area (TPSA) is 38.9 Å². The summed E-state index contributed by atoms with van der Waals surface area (Å²) < 4.78 is 10.4. The Morgan fingerprint density at radius 2 is 1.13 bits per heavy atom. The van der Waals surface area contributed by atoms with Crippen molar-refractivity contribution in [2.75, 3.05) is 0 Å². The first-order valence-corrected chi connectivity index (χ1v) is 15.5. The van der Waals surface area contributed by atoms with E-state index in [1.165, 1.54) is 52.4 Å². The Morgan fingerprint density at radius 1 is 0.605 bits per heavy atom. The summed E-state index contributed by atoms with van der Waals surface area (Å²) in [5.41, 5.74) is 10.6. The van der Waals surface area contributed by atoms with E-state index in [1.54, 1.807) is 0 Å². The standard InChI is InChI=1S/C32H34N2OS3/c1-15-11-19-21(13-17(15)3)35-29(33-19)27-23(31(5,6)7)25-26(37-27)24(32(8,9)10)28(38-25)30-34-20-12-16(2)18(4)14-22(20)36-30/h11-14H,1-10H3. The number of thiophene rings is 2. The summed E-state index contributed by atoms with van der Waals surface area (Å²) in [6.45, 7) is 22.5. The van der Waals surface area contributed by atoms with Crippen LogP contribution < -0.4 is 0 Å². The van der Waals surface area contributed by atoms with Gasteiger partial charge in [0.05, 0.1) is 29.4 Å². The molecule has 6 aromatic rings. The number of hydrogen-bond acceptors (Lipinski definition) is 6. The average Bonchev–Trinajstić information content (AvgIpc) is 3.53. The fourth-order valence-corrected chi connectivity index (χ4v) is 9.92. The summed E-state index contributed by atoms with van der Waals surface area (Å²) in [6, 6.07) is 8.77. The van der Waals surface area contributed by atoms with Crippen LogP contribution in [0.25, 0.3) is 51.4 Å². The number of fused-ring (bicyclic) bond motifs is 3. The fraction of sp³-hybridized carbons (Fsp3) is 0.375. The summed E-state index contributed by atoms with van der Waals surface area (Å²) in [6.07, 6.45) is 0. The van der Waals surface area contributed by atoms with Gasteiger partial charge in [-0.05, 0) is 96.2 Å². The van der Waals surface area contributed by atoms with Gasteiger partial charge in [-0.2, -0.15) is 0 Å². The monoisotopic (exact) mass is 558 g/mol. The lowest BCUT2D eigenvalue weighted by Crippen LogP contribution is -2.11. The highest BCUT2D eigenvalue weighted by Gasteiger charge is 2.34. The number of aryl methyl sites for hydroxylation is 4. The third-order valence-electron chi connectivity index (χ3n) is 7.42. The van der Waals surface area contributed by atoms with E-state index in [0.717, 1.165) is 32.4 Å². The number of thiazole rings is 1. The van der Waals surface area contributed by atoms with E-state index >= 15 is 0 Å². The van der Waals surface area contributed by atoms with Crippen LogP contribution in [0.3, 0.4) is 0 Å². The van der Waals surface area contributed by atoms with E-state index in [9.17, 15) is 0 Å². The van der Waals surface area contributed by atoms with Crippen molar-refractivity contribution in [1.82, 2.24) is 9.97 Å². The molecule has 0 atom stereocenters. The van der Waals surface area contributed by atoms with E-state index < -0.39 is 0 Å². The minimum absolute atomic E-state index is 0.0376. The lowest BCUT2D eigenvalue weighted by atomic mass is 9.84. The second kappa shape index (κ2) is 8.48. The summed E-state index contributed by atoms with van der Waals surface area (Å²) >= 11 is 5.55. The molecule has 6 rings (SSSR count). The highest BCUT2D eigenvalue weighted by Crippen LogP contribution is 2.55. The third-order valence-corrected chi connectivity index (χ3v) is 11.1. The molecule has 4 heterocycles. The zero-order valence-corrected chi connectivity index (χ0v) is 26.3. The molecule has 0 N–H and O–H groups in total. The number of aromatic nitrogens is 2. The van der Waals surface area contributed by atoms with Crippen molar-refractivity contribution >= 4 is 64.7 Å². The summed E-state index contributed by atoms with van der Waals surface area (Å²) in [5, 5.41) is 1.12. The molecule has 4 aromatic heterocycles. The van der Waals surface area contributed by atoms with Gasteiger partial charge in [-0.15, -0.1) is 34.0 Å². The Labute approximate surface area is 236 Å². The quantitative estimate of drug-likeness (QED) is 0.212. The number of rotatable bonds is 2. The minimum Gasteiger partial charge on any atom is -0.435 e. The molecule has 0 aliphatic heterocycles. The van der Waals surface area contributed by atoms with E-state index in [-0.39, 0.29) is 10.8 Å². The van der Waals surface area contributed by atoms with Gasteiger partial charge in [0.2, 0.25) is 5.89 Å². The van der Waals surface area contributed by atoms with Gasteiger partial charge in [0, 0.05) is 0 Å². The van der Waals surface area contributed by atoms with Gasteiger partial charge in [0.1, 0.15) is 10.5 Å². The first kappa shape index (κ1) is 25.7. The van der Waals surface area contributed by atoms with Gasteiger partial charge in [0.25, 0.3) is 0 Å². The van der Waals surface area contributed by atoms with Crippen LogP contribution in [0.5, 0.6) is 0 Å². The van der Waals surface area contributed by atoms with E-state index in [2.05, 4.69) is 93.5 Å². The van der Waals surface area contributed by atoms with Gasteiger partial charge in [0.15, 0.2) is 5.58 Å². The number of oxazole rings is 1. The first-order valence-electron chi connectivity index (χ1n) is 13.1. The van der Waals surface area contributed by atoms with Crippen molar-refractivity contribution in [2.45, 2.75) is 80.1 Å². The SMILES string of the molecule is Cc1cc2nc(-c3sc4c(C(C)(C)C)c(-c5nc6cc(C)c(C)cc6s5)sc4c3C(C)(C)C)oc2cc1C. The van der Waals surface area contributed by atoms with Crippen molar-refractivity contribution in [3.63, 3.8) is 0 Å². The molecule has 0 saturated heterocycles. The number of nitrogens with zero attached hydrogens (tertiary/aromatic N) is 2. The Morgan fingerprint density at radius 3 is 1.76 bits per heavy atom. The van der Waals surface area contributed by atoms with Crippen LogP contribution in [-0.2, 0) is 10.8 Å². The molecule has 196 valence electrons. The lowest BCUT2D eigenvalue weighted by Gasteiger charge is -2.19. The van der Waals surface area contributed by atoms with Crippen LogP contribution in [-0.4, -0.2) is 9.97 Å². The van der Waals surface area contributed by atoms with Gasteiger partial charge in [-0.25, -0.2) is 9.97 Å². The second-order valence-corrected chi connectivity index (χ2v) is 15.7. The second-order valence-electron chi connectivity index (χ2n) is 12.6. The van der Waals surface area contributed by atoms with Crippen LogP contribution in [0.1, 0.15) is 74.9 Å². The highest BCUT2D eigenvalue weighted by molar-refractivity contribution is 7.33. The Bertz CT molecular complexity index is 1660. The normalized spacial score (nSPS) is 13.0. The molecule has 0 bridgehead atoms. The molecule has 6 heteroatoms. The Balaban J connectivity index is 1.64. The smallest absolute Gasteiger partial charge is 0.237 e. The van der Waals surface area contributed by atoms with E-state index in [0.29, 0.717) is 0 Å². The molecule has 2 aromatic carbocycles. The van der Waals surface area contributed by atoms with E-state index in [4.69, 9.17) is 14.4 Å². The van der Waals surface area contributed by atoms with Crippen LogP contribution in [0.2, 0.25) is 0 Å². The van der Waals surface area contributed by atoms with Gasteiger partial charge >= 0.3 is 0 Å². The number of benzene rings is 2. The summed E-state index contributed by atoms with van der Waals surface area (Å²) in [5.74, 6) is 0.732. The van der Waals surface area contributed by atoms with Gasteiger partial charge in [-0.3, -0.25) is 0 Å². The molecule has 0 aliphatic rings. The van der Waals surface area contributed by atoms with Crippen LogP contribution in [0.4, 0.5) is 0 Å². The molecule has 0 radical (unpaired) electrons. The highest BCUT2D eigenvalue weighted by atomic mass is 32.1. The zero-order valence-electron chi connectivity index (χ0n) is 23.8. The van der Waals surface area contributed by atoms with Crippen molar-refractivity contribution in [1.29, 1.82) is 0 Å². The van der Waals surface area contributed by atoms with E-state index in [1.807, 2.05) is 34.0 Å². The Kier molecular flexibility index (Phi) is 5.74. The summed E-state index contributed by atoms with van der Waals surface area (Å²) in [4.78, 5) is 12.6. The van der Waals surface area contributed by atoms with Gasteiger partial charge in [-0.1, -0.05) is 41.5 Å². The van der Waals surface area contributed by atoms with Crippen molar-refractivity contribution in [3.8, 4) is 20.7 Å².